The average molecular weight is 520 g/mol. The molecule has 0 N–H and O–H groups in total. The number of carbonyl (C=O) groups is 3. The number of fused-ring (bicyclic) bond motifs is 2. The number of thiazole rings is 1. The van der Waals surface area contributed by atoms with Gasteiger partial charge in [0.2, 0.25) is 17.7 Å². The maximum Gasteiger partial charge on any atom is 0.308 e. The fraction of sp³-hybridized carbons (Fsp3) is 0.333. The largest absolute Gasteiger partial charge is 0.341 e. The molecule has 2 unspecified atom stereocenters. The first-order valence-corrected chi connectivity index (χ1v) is 13.9. The van der Waals surface area contributed by atoms with E-state index in [2.05, 4.69) is 0 Å². The number of rotatable bonds is 4. The van der Waals surface area contributed by atoms with Crippen LogP contribution in [0.2, 0.25) is 0 Å². The number of benzene rings is 2. The van der Waals surface area contributed by atoms with Gasteiger partial charge in [0.05, 0.1) is 16.6 Å². The highest BCUT2D eigenvalue weighted by molar-refractivity contribution is 8.00. The van der Waals surface area contributed by atoms with E-state index >= 15 is 0 Å². The Hall–Kier alpha value is -3.17. The predicted octanol–water partition coefficient (Wildman–Crippen LogP) is 3.72. The number of nitrogens with zero attached hydrogens (tertiary/aromatic N) is 3. The molecule has 0 saturated carbocycles. The van der Waals surface area contributed by atoms with Crippen LogP contribution in [0.1, 0.15) is 35.6 Å². The summed E-state index contributed by atoms with van der Waals surface area (Å²) in [6.45, 7) is 1.38. The average Bonchev–Trinajstić information content (AvgIpc) is 3.36. The van der Waals surface area contributed by atoms with Crippen LogP contribution >= 0.6 is 23.1 Å². The highest BCUT2D eigenvalue weighted by Gasteiger charge is 2.56. The molecular weight excluding hydrogens is 494 g/mol. The normalized spacial score (nSPS) is 23.5. The van der Waals surface area contributed by atoms with Gasteiger partial charge in [-0.05, 0) is 37.0 Å². The predicted molar refractivity (Wildman–Crippen MR) is 139 cm³/mol. The molecule has 2 saturated heterocycles. The molecule has 0 aliphatic carbocycles. The third-order valence-electron chi connectivity index (χ3n) is 7.22. The molecule has 9 heteroatoms. The van der Waals surface area contributed by atoms with Gasteiger partial charge in [-0.15, -0.1) is 0 Å². The SMILES string of the molecule is O=C(Cn1c2c(sc1=O)[C@H](c1ccccc1)C1C(=O)N(c3ccccc3)C(=O)C1S2)N1CCCCC1. The molecule has 0 radical (unpaired) electrons. The minimum atomic E-state index is -0.666. The van der Waals surface area contributed by atoms with Gasteiger partial charge in [0.25, 0.3) is 0 Å². The zero-order chi connectivity index (χ0) is 24.8. The molecule has 3 amide bonds. The maximum atomic E-state index is 13.8. The van der Waals surface area contributed by atoms with Crippen molar-refractivity contribution in [1.29, 1.82) is 0 Å². The minimum absolute atomic E-state index is 0.0406. The quantitative estimate of drug-likeness (QED) is 0.491. The molecule has 1 aromatic heterocycles. The number of aromatic nitrogens is 1. The molecule has 3 aliphatic rings. The van der Waals surface area contributed by atoms with Crippen molar-refractivity contribution in [3.8, 4) is 0 Å². The summed E-state index contributed by atoms with van der Waals surface area (Å²) in [7, 11) is 0. The third kappa shape index (κ3) is 3.81. The summed E-state index contributed by atoms with van der Waals surface area (Å²) in [4.78, 5) is 57.3. The Bertz CT molecular complexity index is 1380. The molecule has 36 heavy (non-hydrogen) atoms. The van der Waals surface area contributed by atoms with Gasteiger partial charge < -0.3 is 4.90 Å². The molecular formula is C27H25N3O4S2. The molecule has 4 heterocycles. The second-order valence-electron chi connectivity index (χ2n) is 9.36. The maximum absolute atomic E-state index is 13.8. The zero-order valence-electron chi connectivity index (χ0n) is 19.5. The van der Waals surface area contributed by atoms with Crippen molar-refractivity contribution in [2.24, 2.45) is 5.92 Å². The molecule has 0 bridgehead atoms. The van der Waals surface area contributed by atoms with Crippen LogP contribution in [-0.4, -0.2) is 45.5 Å². The van der Waals surface area contributed by atoms with E-state index in [1.54, 1.807) is 24.3 Å². The third-order valence-corrected chi connectivity index (χ3v) is 9.83. The standard InChI is InChI=1S/C27H25N3O4S2/c31-19(28-14-8-3-9-15-28)16-29-26-23(36-27(29)34)20(17-10-4-1-5-11-17)21-22(35-26)25(33)30(24(21)32)18-12-6-2-7-13-18/h1-2,4-7,10-13,20-22H,3,8-9,14-16H2/t20-,21?,22?/m1/s1. The van der Waals surface area contributed by atoms with Crippen molar-refractivity contribution < 1.29 is 14.4 Å². The van der Waals surface area contributed by atoms with E-state index in [0.29, 0.717) is 23.8 Å². The molecule has 184 valence electrons. The second-order valence-corrected chi connectivity index (χ2v) is 11.5. The number of imide groups is 1. The number of hydrogen-bond acceptors (Lipinski definition) is 6. The van der Waals surface area contributed by atoms with Crippen LogP contribution in [0.4, 0.5) is 5.69 Å². The number of anilines is 1. The Kier molecular flexibility index (Phi) is 6.05. The lowest BCUT2D eigenvalue weighted by Gasteiger charge is -2.31. The molecule has 3 aliphatic heterocycles. The number of likely N-dealkylation sites (tertiary alicyclic amines) is 1. The van der Waals surface area contributed by atoms with Crippen molar-refractivity contribution in [3.63, 3.8) is 0 Å². The number of para-hydroxylation sites is 1. The Morgan fingerprint density at radius 1 is 0.861 bits per heavy atom. The number of hydrogen-bond donors (Lipinski definition) is 0. The van der Waals surface area contributed by atoms with Crippen LogP contribution in [0.5, 0.6) is 0 Å². The van der Waals surface area contributed by atoms with E-state index in [0.717, 1.165) is 41.0 Å². The van der Waals surface area contributed by atoms with Crippen LogP contribution < -0.4 is 9.77 Å². The summed E-state index contributed by atoms with van der Waals surface area (Å²) >= 11 is 2.35. The van der Waals surface area contributed by atoms with Crippen LogP contribution in [-0.2, 0) is 20.9 Å². The number of thioether (sulfide) groups is 1. The lowest BCUT2D eigenvalue weighted by Crippen LogP contribution is -2.39. The first-order chi connectivity index (χ1) is 17.5. The van der Waals surface area contributed by atoms with Gasteiger partial charge in [0.15, 0.2) is 0 Å². The number of amides is 3. The van der Waals surface area contributed by atoms with Crippen molar-refractivity contribution in [2.45, 2.75) is 42.0 Å². The van der Waals surface area contributed by atoms with Crippen LogP contribution in [0.15, 0.2) is 70.5 Å². The number of carbonyl (C=O) groups excluding carboxylic acids is 3. The first kappa shape index (κ1) is 23.2. The summed E-state index contributed by atoms with van der Waals surface area (Å²) < 4.78 is 1.52. The van der Waals surface area contributed by atoms with Gasteiger partial charge in [-0.2, -0.15) is 0 Å². The van der Waals surface area contributed by atoms with Gasteiger partial charge >= 0.3 is 4.87 Å². The Morgan fingerprint density at radius 3 is 2.22 bits per heavy atom. The Labute approximate surface area is 216 Å². The van der Waals surface area contributed by atoms with E-state index in [4.69, 9.17) is 0 Å². The molecule has 6 rings (SSSR count). The minimum Gasteiger partial charge on any atom is -0.341 e. The van der Waals surface area contributed by atoms with E-state index in [1.165, 1.54) is 21.2 Å². The molecule has 0 spiro atoms. The first-order valence-electron chi connectivity index (χ1n) is 12.2. The monoisotopic (exact) mass is 519 g/mol. The van der Waals surface area contributed by atoms with Crippen molar-refractivity contribution >= 4 is 46.5 Å². The van der Waals surface area contributed by atoms with Gasteiger partial charge in [-0.25, -0.2) is 4.90 Å². The smallest absolute Gasteiger partial charge is 0.308 e. The Morgan fingerprint density at radius 2 is 1.53 bits per heavy atom. The fourth-order valence-corrected chi connectivity index (χ4v) is 8.26. The topological polar surface area (TPSA) is 79.7 Å². The van der Waals surface area contributed by atoms with Gasteiger partial charge in [-0.3, -0.25) is 23.7 Å². The summed E-state index contributed by atoms with van der Waals surface area (Å²) in [5.41, 5.74) is 1.44. The number of piperidine rings is 1. The van der Waals surface area contributed by atoms with Crippen molar-refractivity contribution in [2.75, 3.05) is 18.0 Å². The van der Waals surface area contributed by atoms with E-state index in [1.807, 2.05) is 41.3 Å². The van der Waals surface area contributed by atoms with E-state index in [9.17, 15) is 19.2 Å². The summed E-state index contributed by atoms with van der Waals surface area (Å²) in [6.07, 6.45) is 3.06. The zero-order valence-corrected chi connectivity index (χ0v) is 21.2. The molecule has 2 fully saturated rings. The summed E-state index contributed by atoms with van der Waals surface area (Å²) in [5.74, 6) is -1.65. The highest BCUT2D eigenvalue weighted by atomic mass is 32.2. The van der Waals surface area contributed by atoms with E-state index < -0.39 is 17.1 Å². The summed E-state index contributed by atoms with van der Waals surface area (Å²) in [5, 5.41) is -0.0257. The van der Waals surface area contributed by atoms with Crippen LogP contribution in [0, 0.1) is 5.92 Å². The van der Waals surface area contributed by atoms with Crippen LogP contribution in [0.3, 0.4) is 0 Å². The van der Waals surface area contributed by atoms with Gasteiger partial charge in [0, 0.05) is 23.9 Å². The van der Waals surface area contributed by atoms with Crippen molar-refractivity contribution in [3.05, 3.63) is 80.8 Å². The fourth-order valence-electron chi connectivity index (χ4n) is 5.48. The van der Waals surface area contributed by atoms with E-state index in [-0.39, 0.29) is 29.1 Å². The molecule has 3 atom stereocenters. The lowest BCUT2D eigenvalue weighted by molar-refractivity contribution is -0.133. The second kappa shape index (κ2) is 9.37. The van der Waals surface area contributed by atoms with Crippen LogP contribution in [0.25, 0.3) is 0 Å². The Balaban J connectivity index is 1.43. The lowest BCUT2D eigenvalue weighted by atomic mass is 9.83. The molecule has 2 aromatic carbocycles. The van der Waals surface area contributed by atoms with Gasteiger partial charge in [0.1, 0.15) is 11.8 Å². The van der Waals surface area contributed by atoms with Gasteiger partial charge in [-0.1, -0.05) is 71.6 Å². The summed E-state index contributed by atoms with van der Waals surface area (Å²) in [6, 6.07) is 18.6. The van der Waals surface area contributed by atoms with Crippen molar-refractivity contribution in [1.82, 2.24) is 9.47 Å². The highest BCUT2D eigenvalue weighted by Crippen LogP contribution is 2.53. The molecule has 3 aromatic rings. The molecule has 7 nitrogen and oxygen atoms in total.